The molecular weight excluding hydrogens is 614 g/mol. The highest BCUT2D eigenvalue weighted by atomic mass is 19.2. The van der Waals surface area contributed by atoms with Gasteiger partial charge in [0, 0.05) is 23.6 Å². The number of nitrogens with one attached hydrogen (secondary N) is 3. The molecule has 0 bridgehead atoms. The van der Waals surface area contributed by atoms with Gasteiger partial charge in [0.15, 0.2) is 46.5 Å². The molecule has 3 aromatic carbocycles. The topological polar surface area (TPSA) is 87.3 Å². The molecule has 45 heavy (non-hydrogen) atoms. The second-order valence-electron chi connectivity index (χ2n) is 10.7. The summed E-state index contributed by atoms with van der Waals surface area (Å²) < 4.78 is 119. The fraction of sp³-hybridized carbons (Fsp3) is 0.194. The van der Waals surface area contributed by atoms with Crippen molar-refractivity contribution in [3.05, 3.63) is 100 Å². The van der Waals surface area contributed by atoms with Crippen LogP contribution in [0, 0.1) is 52.0 Å². The average Bonchev–Trinajstić information content (AvgIpc) is 2.98. The first-order valence-electron chi connectivity index (χ1n) is 12.9. The third kappa shape index (κ3) is 7.39. The van der Waals surface area contributed by atoms with Crippen LogP contribution < -0.4 is 16.0 Å². The molecule has 0 fully saturated rings. The minimum absolute atomic E-state index is 0.173. The van der Waals surface area contributed by atoms with Crippen LogP contribution in [0.3, 0.4) is 0 Å². The second-order valence-corrected chi connectivity index (χ2v) is 10.7. The van der Waals surface area contributed by atoms with E-state index in [1.807, 2.05) is 0 Å². The van der Waals surface area contributed by atoms with Crippen LogP contribution in [0.1, 0.15) is 38.8 Å². The summed E-state index contributed by atoms with van der Waals surface area (Å²) >= 11 is 0. The lowest BCUT2D eigenvalue weighted by Crippen LogP contribution is -2.29. The van der Waals surface area contributed by atoms with Crippen molar-refractivity contribution in [1.82, 2.24) is 5.32 Å². The van der Waals surface area contributed by atoms with Gasteiger partial charge in [-0.1, -0.05) is 51.6 Å². The van der Waals surface area contributed by atoms with Crippen molar-refractivity contribution in [3.63, 3.8) is 0 Å². The van der Waals surface area contributed by atoms with Gasteiger partial charge in [0.05, 0.1) is 11.1 Å². The molecule has 0 aliphatic rings. The van der Waals surface area contributed by atoms with Crippen molar-refractivity contribution in [2.45, 2.75) is 34.2 Å². The Hall–Kier alpha value is -5.01. The Morgan fingerprint density at radius 3 is 1.53 bits per heavy atom. The van der Waals surface area contributed by atoms with Crippen LogP contribution in [-0.2, 0) is 20.9 Å². The summed E-state index contributed by atoms with van der Waals surface area (Å²) in [5.74, 6) is -21.9. The van der Waals surface area contributed by atoms with Crippen molar-refractivity contribution in [3.8, 4) is 11.1 Å². The minimum atomic E-state index is -2.48. The molecule has 0 radical (unpaired) electrons. The van der Waals surface area contributed by atoms with Crippen molar-refractivity contribution in [1.29, 1.82) is 0 Å². The van der Waals surface area contributed by atoms with Crippen molar-refractivity contribution >= 4 is 35.2 Å². The monoisotopic (exact) mass is 639 g/mol. The Morgan fingerprint density at radius 1 is 0.711 bits per heavy atom. The molecule has 0 spiro atoms. The molecule has 14 heteroatoms. The summed E-state index contributed by atoms with van der Waals surface area (Å²) in [6, 6.07) is 6.22. The maximum atomic E-state index is 14.9. The molecule has 238 valence electrons. The van der Waals surface area contributed by atoms with Crippen LogP contribution in [-0.4, -0.2) is 17.7 Å². The second kappa shape index (κ2) is 13.3. The van der Waals surface area contributed by atoms with E-state index < -0.39 is 86.3 Å². The number of halogens is 8. The molecule has 0 heterocycles. The van der Waals surface area contributed by atoms with E-state index in [9.17, 15) is 49.5 Å². The van der Waals surface area contributed by atoms with E-state index >= 15 is 0 Å². The minimum Gasteiger partial charge on any atom is -0.348 e. The van der Waals surface area contributed by atoms with Gasteiger partial charge >= 0.3 is 0 Å². The fourth-order valence-electron chi connectivity index (χ4n) is 3.64. The Labute approximate surface area is 251 Å². The Kier molecular flexibility index (Phi) is 10.2. The summed E-state index contributed by atoms with van der Waals surface area (Å²) in [6.07, 6.45) is 1.91. The smallest absolute Gasteiger partial charge is 0.248 e. The highest BCUT2D eigenvalue weighted by molar-refractivity contribution is 6.02. The molecular formula is C31H25F8N3O3. The van der Waals surface area contributed by atoms with Gasteiger partial charge in [0.2, 0.25) is 17.7 Å². The molecule has 3 N–H and O–H groups in total. The van der Waals surface area contributed by atoms with E-state index in [2.05, 4.69) is 11.9 Å². The Morgan fingerprint density at radius 2 is 1.13 bits per heavy atom. The van der Waals surface area contributed by atoms with Crippen molar-refractivity contribution < 1.29 is 49.5 Å². The van der Waals surface area contributed by atoms with Gasteiger partial charge in [-0.25, -0.2) is 35.1 Å². The fourth-order valence-corrected chi connectivity index (χ4v) is 3.64. The highest BCUT2D eigenvalue weighted by Gasteiger charge is 2.35. The normalized spacial score (nSPS) is 11.5. The SMILES string of the molecule is C=C(C)C(=O)NCc1ccc(/C=C/C(=O)Nc2c(F)c(F)c(-c3c(F)c(F)c(NC(=O)C(C)(C)C)c(F)c3F)c(F)c2F)cc1. The van der Waals surface area contributed by atoms with Gasteiger partial charge < -0.3 is 16.0 Å². The van der Waals surface area contributed by atoms with Gasteiger partial charge in [-0.15, -0.1) is 0 Å². The number of carbonyl (C=O) groups is 3. The maximum absolute atomic E-state index is 14.9. The zero-order valence-electron chi connectivity index (χ0n) is 24.1. The van der Waals surface area contributed by atoms with Gasteiger partial charge in [0.25, 0.3) is 0 Å². The molecule has 3 rings (SSSR count). The lowest BCUT2D eigenvalue weighted by Gasteiger charge is -2.20. The molecule has 0 unspecified atom stereocenters. The molecule has 0 aliphatic heterocycles. The van der Waals surface area contributed by atoms with Gasteiger partial charge in [-0.05, 0) is 24.1 Å². The van der Waals surface area contributed by atoms with E-state index in [-0.39, 0.29) is 12.5 Å². The van der Waals surface area contributed by atoms with Crippen LogP contribution in [0.25, 0.3) is 17.2 Å². The van der Waals surface area contributed by atoms with Crippen molar-refractivity contribution in [2.24, 2.45) is 5.41 Å². The van der Waals surface area contributed by atoms with Crippen LogP contribution in [0.2, 0.25) is 0 Å². The molecule has 0 saturated carbocycles. The van der Waals surface area contributed by atoms with E-state index in [1.54, 1.807) is 22.8 Å². The largest absolute Gasteiger partial charge is 0.348 e. The summed E-state index contributed by atoms with van der Waals surface area (Å²) in [5, 5.41) is 5.80. The Balaban J connectivity index is 1.91. The van der Waals surface area contributed by atoms with Crippen LogP contribution in [0.5, 0.6) is 0 Å². The first-order valence-corrected chi connectivity index (χ1v) is 12.9. The maximum Gasteiger partial charge on any atom is 0.248 e. The van der Waals surface area contributed by atoms with Crippen molar-refractivity contribution in [2.75, 3.05) is 10.6 Å². The summed E-state index contributed by atoms with van der Waals surface area (Å²) in [7, 11) is 0. The van der Waals surface area contributed by atoms with Crippen LogP contribution >= 0.6 is 0 Å². The third-order valence-electron chi connectivity index (χ3n) is 6.19. The number of amides is 3. The number of anilines is 2. The standard InChI is InChI=1S/C31H25F8N3O3/c1-13(2)29(44)40-12-15-8-6-14(7-9-15)10-11-16(43)41-27-23(36)19(32)17(20(33)24(27)37)18-21(34)25(38)28(26(39)22(18)35)42-30(45)31(3,4)5/h6-11H,1,12H2,2-5H3,(H,40,44)(H,41,43)(H,42,45)/b11-10+. The molecule has 0 atom stereocenters. The van der Waals surface area contributed by atoms with Crippen LogP contribution in [0.15, 0.2) is 42.5 Å². The predicted octanol–water partition coefficient (Wildman–Crippen LogP) is 7.30. The van der Waals surface area contributed by atoms with Gasteiger partial charge in [-0.3, -0.25) is 14.4 Å². The third-order valence-corrected chi connectivity index (χ3v) is 6.19. The first kappa shape index (κ1) is 34.5. The number of hydrogen-bond acceptors (Lipinski definition) is 3. The summed E-state index contributed by atoms with van der Waals surface area (Å²) in [6.45, 7) is 9.12. The lowest BCUT2D eigenvalue weighted by atomic mass is 9.95. The van der Waals surface area contributed by atoms with Gasteiger partial charge in [-0.2, -0.15) is 0 Å². The zero-order chi connectivity index (χ0) is 34.0. The van der Waals surface area contributed by atoms with Gasteiger partial charge in [0.1, 0.15) is 11.4 Å². The van der Waals surface area contributed by atoms with E-state index in [0.717, 1.165) is 6.08 Å². The van der Waals surface area contributed by atoms with E-state index in [0.29, 0.717) is 16.7 Å². The van der Waals surface area contributed by atoms with E-state index in [4.69, 9.17) is 0 Å². The number of rotatable bonds is 8. The molecule has 0 aliphatic carbocycles. The van der Waals surface area contributed by atoms with Crippen LogP contribution in [0.4, 0.5) is 46.5 Å². The number of hydrogen-bond donors (Lipinski definition) is 3. The first-order chi connectivity index (χ1) is 20.9. The lowest BCUT2D eigenvalue weighted by molar-refractivity contribution is -0.123. The number of carbonyl (C=O) groups excluding carboxylic acids is 3. The molecule has 3 amide bonds. The summed E-state index contributed by atoms with van der Waals surface area (Å²) in [4.78, 5) is 35.9. The Bertz CT molecular complexity index is 1690. The number of benzene rings is 3. The molecule has 3 aromatic rings. The average molecular weight is 640 g/mol. The molecule has 6 nitrogen and oxygen atoms in total. The predicted molar refractivity (Wildman–Crippen MR) is 150 cm³/mol. The van der Waals surface area contributed by atoms with E-state index in [1.165, 1.54) is 45.9 Å². The highest BCUT2D eigenvalue weighted by Crippen LogP contribution is 2.40. The molecule has 0 aromatic heterocycles. The molecule has 0 saturated heterocycles. The quantitative estimate of drug-likeness (QED) is 0.137. The zero-order valence-corrected chi connectivity index (χ0v) is 24.1. The summed E-state index contributed by atoms with van der Waals surface area (Å²) in [5.41, 5.74) is -7.50.